The number of H-pyrrole nitrogens is 1. The number of rotatable bonds is 4. The number of hydrogen-bond donors (Lipinski definition) is 3. The Bertz CT molecular complexity index is 1020. The Hall–Kier alpha value is -2.26. The Kier molecular flexibility index (Phi) is 6.46. The van der Waals surface area contributed by atoms with Crippen molar-refractivity contribution in [3.8, 4) is 0 Å². The van der Waals surface area contributed by atoms with Gasteiger partial charge in [-0.25, -0.2) is 4.39 Å². The van der Waals surface area contributed by atoms with Gasteiger partial charge >= 0.3 is 0 Å². The Balaban J connectivity index is 0.00000225. The molecule has 0 radical (unpaired) electrons. The van der Waals surface area contributed by atoms with Crippen LogP contribution in [0, 0.1) is 12.7 Å². The van der Waals surface area contributed by atoms with Crippen molar-refractivity contribution in [2.45, 2.75) is 32.4 Å². The molecule has 28 heavy (non-hydrogen) atoms. The van der Waals surface area contributed by atoms with Crippen LogP contribution in [0.5, 0.6) is 0 Å². The molecule has 1 aliphatic carbocycles. The second kappa shape index (κ2) is 8.83. The lowest BCUT2D eigenvalue weighted by Crippen LogP contribution is -2.17. The number of halogens is 2. The van der Waals surface area contributed by atoms with Gasteiger partial charge in [-0.05, 0) is 61.6 Å². The summed E-state index contributed by atoms with van der Waals surface area (Å²) in [6.07, 6.45) is 3.96. The highest BCUT2D eigenvalue weighted by atomic mass is 127. The van der Waals surface area contributed by atoms with Crippen LogP contribution in [0.1, 0.15) is 41.4 Å². The number of nitrogens with zero attached hydrogens (tertiary/aromatic N) is 2. The lowest BCUT2D eigenvalue weighted by atomic mass is 9.94. The molecule has 1 unspecified atom stereocenters. The number of nitrogens with two attached hydrogens (primary N) is 1. The van der Waals surface area contributed by atoms with Gasteiger partial charge in [0.1, 0.15) is 18.3 Å². The number of hydrazone groups is 1. The summed E-state index contributed by atoms with van der Waals surface area (Å²) in [4.78, 5) is 7.72. The third kappa shape index (κ3) is 4.25. The van der Waals surface area contributed by atoms with Gasteiger partial charge in [-0.2, -0.15) is 5.10 Å². The van der Waals surface area contributed by atoms with Crippen molar-refractivity contribution in [3.05, 3.63) is 70.7 Å². The van der Waals surface area contributed by atoms with Gasteiger partial charge in [0, 0.05) is 10.9 Å². The second-order valence-electron chi connectivity index (χ2n) is 6.84. The van der Waals surface area contributed by atoms with E-state index in [1.54, 1.807) is 12.1 Å². The van der Waals surface area contributed by atoms with Crippen LogP contribution < -0.4 is 11.2 Å². The molecule has 0 aliphatic heterocycles. The quantitative estimate of drug-likeness (QED) is 0.217. The molecular formula is C21H23FIN5. The van der Waals surface area contributed by atoms with Gasteiger partial charge < -0.3 is 10.7 Å². The first-order valence-electron chi connectivity index (χ1n) is 9.08. The van der Waals surface area contributed by atoms with Crippen LogP contribution in [0.3, 0.4) is 0 Å². The molecule has 3 aromatic rings. The molecule has 5 nitrogen and oxygen atoms in total. The van der Waals surface area contributed by atoms with Crippen LogP contribution in [0.15, 0.2) is 52.6 Å². The summed E-state index contributed by atoms with van der Waals surface area (Å²) >= 11 is 0. The van der Waals surface area contributed by atoms with Gasteiger partial charge in [-0.1, -0.05) is 23.8 Å². The van der Waals surface area contributed by atoms with Crippen molar-refractivity contribution in [1.82, 2.24) is 10.4 Å². The highest BCUT2D eigenvalue weighted by Gasteiger charge is 2.20. The van der Waals surface area contributed by atoms with Crippen LogP contribution in [-0.4, -0.2) is 17.0 Å². The SMILES string of the molecule is Cc1ccc2[nH]c3c(c2c1)CCCC3=NNC=NC(N)c1ccc(F)cc1.I. The number of aromatic nitrogens is 1. The molecule has 2 aromatic carbocycles. The van der Waals surface area contributed by atoms with Gasteiger partial charge in [0.25, 0.3) is 0 Å². The van der Waals surface area contributed by atoms with Crippen molar-refractivity contribution in [2.75, 3.05) is 0 Å². The fourth-order valence-electron chi connectivity index (χ4n) is 3.50. The lowest BCUT2D eigenvalue weighted by molar-refractivity contribution is 0.625. The van der Waals surface area contributed by atoms with Gasteiger partial charge in [0.2, 0.25) is 0 Å². The van der Waals surface area contributed by atoms with Crippen molar-refractivity contribution < 1.29 is 4.39 Å². The van der Waals surface area contributed by atoms with Crippen LogP contribution >= 0.6 is 24.0 Å². The van der Waals surface area contributed by atoms with E-state index >= 15 is 0 Å². The Labute approximate surface area is 180 Å². The van der Waals surface area contributed by atoms with Crippen molar-refractivity contribution in [1.29, 1.82) is 0 Å². The van der Waals surface area contributed by atoms with E-state index in [4.69, 9.17) is 5.73 Å². The number of aromatic amines is 1. The average molecular weight is 491 g/mol. The van der Waals surface area contributed by atoms with Gasteiger partial charge in [-0.3, -0.25) is 10.4 Å². The zero-order valence-electron chi connectivity index (χ0n) is 15.6. The van der Waals surface area contributed by atoms with E-state index in [9.17, 15) is 4.39 Å². The molecule has 1 aliphatic rings. The van der Waals surface area contributed by atoms with Gasteiger partial charge in [-0.15, -0.1) is 24.0 Å². The molecule has 4 N–H and O–H groups in total. The van der Waals surface area contributed by atoms with Crippen molar-refractivity contribution >= 4 is 46.9 Å². The van der Waals surface area contributed by atoms with E-state index in [0.717, 1.165) is 41.7 Å². The third-order valence-corrected chi connectivity index (χ3v) is 4.89. The predicted octanol–water partition coefficient (Wildman–Crippen LogP) is 4.55. The highest BCUT2D eigenvalue weighted by Crippen LogP contribution is 2.29. The number of nitrogens with one attached hydrogen (secondary N) is 2. The summed E-state index contributed by atoms with van der Waals surface area (Å²) in [5, 5.41) is 5.77. The maximum Gasteiger partial charge on any atom is 0.124 e. The topological polar surface area (TPSA) is 78.6 Å². The third-order valence-electron chi connectivity index (χ3n) is 4.89. The molecule has 1 atom stereocenters. The Morgan fingerprint density at radius 3 is 2.75 bits per heavy atom. The minimum atomic E-state index is -0.559. The Morgan fingerprint density at radius 1 is 1.18 bits per heavy atom. The second-order valence-corrected chi connectivity index (χ2v) is 6.84. The number of benzene rings is 2. The first kappa shape index (κ1) is 20.5. The molecule has 4 rings (SSSR count). The summed E-state index contributed by atoms with van der Waals surface area (Å²) in [5.41, 5.74) is 15.5. The summed E-state index contributed by atoms with van der Waals surface area (Å²) in [7, 11) is 0. The molecule has 1 aromatic heterocycles. The lowest BCUT2D eigenvalue weighted by Gasteiger charge is -2.14. The average Bonchev–Trinajstić information content (AvgIpc) is 3.04. The van der Waals surface area contributed by atoms with E-state index in [1.807, 2.05) is 0 Å². The van der Waals surface area contributed by atoms with Crippen LogP contribution in [0.25, 0.3) is 10.9 Å². The van der Waals surface area contributed by atoms with E-state index in [1.165, 1.54) is 35.0 Å². The van der Waals surface area contributed by atoms with E-state index in [2.05, 4.69) is 45.6 Å². The van der Waals surface area contributed by atoms with Gasteiger partial charge in [0.15, 0.2) is 0 Å². The molecule has 0 fully saturated rings. The zero-order valence-corrected chi connectivity index (χ0v) is 17.9. The molecule has 0 spiro atoms. The fraction of sp³-hybridized carbons (Fsp3) is 0.238. The molecular weight excluding hydrogens is 468 g/mol. The van der Waals surface area contributed by atoms with Crippen LogP contribution in [0.4, 0.5) is 4.39 Å². The zero-order chi connectivity index (χ0) is 18.8. The minimum absolute atomic E-state index is 0. The van der Waals surface area contributed by atoms with Crippen LogP contribution in [0.2, 0.25) is 0 Å². The van der Waals surface area contributed by atoms with E-state index < -0.39 is 6.17 Å². The Morgan fingerprint density at radius 2 is 1.96 bits per heavy atom. The minimum Gasteiger partial charge on any atom is -0.353 e. The molecule has 0 amide bonds. The van der Waals surface area contributed by atoms with Crippen LogP contribution in [-0.2, 0) is 6.42 Å². The number of fused-ring (bicyclic) bond motifs is 3. The number of aryl methyl sites for hydroxylation is 2. The first-order chi connectivity index (χ1) is 13.1. The summed E-state index contributed by atoms with van der Waals surface area (Å²) in [5.74, 6) is -0.291. The number of aliphatic imine (C=N–C) groups is 1. The first-order valence-corrected chi connectivity index (χ1v) is 9.08. The van der Waals surface area contributed by atoms with Gasteiger partial charge in [0.05, 0.1) is 11.4 Å². The maximum atomic E-state index is 13.0. The summed E-state index contributed by atoms with van der Waals surface area (Å²) in [6.45, 7) is 2.11. The van der Waals surface area contributed by atoms with E-state index in [0.29, 0.717) is 0 Å². The standard InChI is InChI=1S/C21H22FN5.HI/c1-13-5-10-18-17(11-13)16-3-2-4-19(20(16)26-18)27-25-12-24-21(23)14-6-8-15(22)9-7-14;/h5-12,21,26H,2-4,23H2,1H3,(H,24,25);1H. The van der Waals surface area contributed by atoms with Crippen molar-refractivity contribution in [3.63, 3.8) is 0 Å². The summed E-state index contributed by atoms with van der Waals surface area (Å²) in [6, 6.07) is 12.5. The normalized spacial score (nSPS) is 16.2. The molecule has 0 saturated carbocycles. The fourth-order valence-corrected chi connectivity index (χ4v) is 3.50. The molecule has 7 heteroatoms. The van der Waals surface area contributed by atoms with Crippen molar-refractivity contribution in [2.24, 2.45) is 15.8 Å². The number of hydrogen-bond acceptors (Lipinski definition) is 3. The molecule has 146 valence electrons. The smallest absolute Gasteiger partial charge is 0.124 e. The van der Waals surface area contributed by atoms with E-state index in [-0.39, 0.29) is 29.8 Å². The largest absolute Gasteiger partial charge is 0.353 e. The molecule has 1 heterocycles. The summed E-state index contributed by atoms with van der Waals surface area (Å²) < 4.78 is 13.0. The maximum absolute atomic E-state index is 13.0. The monoisotopic (exact) mass is 491 g/mol. The highest BCUT2D eigenvalue weighted by molar-refractivity contribution is 14.0. The molecule has 0 bridgehead atoms. The molecule has 0 saturated heterocycles. The predicted molar refractivity (Wildman–Crippen MR) is 123 cm³/mol.